The normalized spacial score (nSPS) is 14.5. The van der Waals surface area contributed by atoms with E-state index in [1.807, 2.05) is 0 Å². The van der Waals surface area contributed by atoms with E-state index in [0.717, 1.165) is 39.0 Å². The van der Waals surface area contributed by atoms with E-state index < -0.39 is 0 Å². The first-order valence-corrected chi connectivity index (χ1v) is 8.32. The molecule has 130 valence electrons. The summed E-state index contributed by atoms with van der Waals surface area (Å²) >= 11 is 0. The molecule has 4 nitrogen and oxygen atoms in total. The zero-order valence-corrected chi connectivity index (χ0v) is 15.6. The van der Waals surface area contributed by atoms with Gasteiger partial charge in [-0.3, -0.25) is 0 Å². The first-order valence-electron chi connectivity index (χ1n) is 8.32. The number of nitrogens with two attached hydrogens (primary N) is 2. The second-order valence-electron chi connectivity index (χ2n) is 7.86. The van der Waals surface area contributed by atoms with E-state index in [1.165, 1.54) is 11.1 Å². The van der Waals surface area contributed by atoms with Crippen molar-refractivity contribution in [2.24, 2.45) is 11.5 Å². The molecule has 0 aromatic carbocycles. The Labute approximate surface area is 137 Å². The molecule has 0 fully saturated rings. The summed E-state index contributed by atoms with van der Waals surface area (Å²) in [4.78, 5) is 0. The highest BCUT2D eigenvalue weighted by Crippen LogP contribution is 2.03. The zero-order chi connectivity index (χ0) is 17.2. The largest absolute Gasteiger partial charge is 0.326 e. The van der Waals surface area contributed by atoms with Gasteiger partial charge in [0.25, 0.3) is 0 Å². The van der Waals surface area contributed by atoms with Crippen LogP contribution in [0.3, 0.4) is 0 Å². The standard InChI is InChI=1S/C18H38N4/c1-15(13-21-11-9-17(3,4)19)7-8-16(2)14-22-12-10-18(5,6)20/h7-8,21-22H,9-14,19-20H2,1-6H3/b15-7+,16-8+. The second kappa shape index (κ2) is 10.2. The molecule has 0 aromatic heterocycles. The molecule has 0 bridgehead atoms. The van der Waals surface area contributed by atoms with E-state index in [2.05, 4.69) is 64.3 Å². The minimum atomic E-state index is -0.0924. The molecule has 6 N–H and O–H groups in total. The lowest BCUT2D eigenvalue weighted by Crippen LogP contribution is -2.36. The van der Waals surface area contributed by atoms with E-state index in [-0.39, 0.29) is 11.1 Å². The maximum atomic E-state index is 5.96. The summed E-state index contributed by atoms with van der Waals surface area (Å²) in [5, 5.41) is 6.85. The van der Waals surface area contributed by atoms with Crippen LogP contribution in [0.15, 0.2) is 23.3 Å². The SMILES string of the molecule is C/C(=C\C=C(/C)CNCCC(C)(C)N)CNCCC(C)(C)N. The Morgan fingerprint density at radius 2 is 1.09 bits per heavy atom. The molecule has 0 saturated heterocycles. The van der Waals surface area contributed by atoms with Crippen LogP contribution in [0.5, 0.6) is 0 Å². The van der Waals surface area contributed by atoms with Crippen molar-refractivity contribution in [3.05, 3.63) is 23.3 Å². The summed E-state index contributed by atoms with van der Waals surface area (Å²) in [6.45, 7) is 16.3. The number of rotatable bonds is 11. The first kappa shape index (κ1) is 21.3. The topological polar surface area (TPSA) is 76.1 Å². The van der Waals surface area contributed by atoms with Crippen LogP contribution in [0.1, 0.15) is 54.4 Å². The Balaban J connectivity index is 3.89. The number of nitrogens with one attached hydrogen (secondary N) is 2. The van der Waals surface area contributed by atoms with Crippen molar-refractivity contribution in [3.63, 3.8) is 0 Å². The van der Waals surface area contributed by atoms with Crippen molar-refractivity contribution >= 4 is 0 Å². The summed E-state index contributed by atoms with van der Waals surface area (Å²) in [5.74, 6) is 0. The molecule has 0 rings (SSSR count). The Bertz CT molecular complexity index is 320. The van der Waals surface area contributed by atoms with E-state index in [4.69, 9.17) is 11.5 Å². The van der Waals surface area contributed by atoms with Gasteiger partial charge in [-0.25, -0.2) is 0 Å². The minimum Gasteiger partial charge on any atom is -0.326 e. The molecule has 22 heavy (non-hydrogen) atoms. The quantitative estimate of drug-likeness (QED) is 0.349. The van der Waals surface area contributed by atoms with Gasteiger partial charge in [0.15, 0.2) is 0 Å². The fourth-order valence-corrected chi connectivity index (χ4v) is 1.79. The summed E-state index contributed by atoms with van der Waals surface area (Å²) in [6.07, 6.45) is 6.34. The Hall–Kier alpha value is -0.680. The van der Waals surface area contributed by atoms with Crippen LogP contribution < -0.4 is 22.1 Å². The highest BCUT2D eigenvalue weighted by atomic mass is 14.9. The third-order valence-electron chi connectivity index (χ3n) is 3.35. The average Bonchev–Trinajstić information content (AvgIpc) is 2.35. The average molecular weight is 311 g/mol. The van der Waals surface area contributed by atoms with Gasteiger partial charge in [0.05, 0.1) is 0 Å². The highest BCUT2D eigenvalue weighted by molar-refractivity contribution is 5.17. The molecule has 0 saturated carbocycles. The molecule has 0 amide bonds. The predicted molar refractivity (Wildman–Crippen MR) is 99.0 cm³/mol. The van der Waals surface area contributed by atoms with Crippen LogP contribution in [-0.4, -0.2) is 37.3 Å². The first-order chi connectivity index (χ1) is 9.99. The Morgan fingerprint density at radius 3 is 1.36 bits per heavy atom. The van der Waals surface area contributed by atoms with Gasteiger partial charge in [0.2, 0.25) is 0 Å². The smallest absolute Gasteiger partial charge is 0.0164 e. The van der Waals surface area contributed by atoms with Gasteiger partial charge in [0, 0.05) is 24.2 Å². The fraction of sp³-hybridized carbons (Fsp3) is 0.778. The van der Waals surface area contributed by atoms with Gasteiger partial charge in [-0.15, -0.1) is 0 Å². The Morgan fingerprint density at radius 1 is 0.773 bits per heavy atom. The van der Waals surface area contributed by atoms with Crippen molar-refractivity contribution in [1.29, 1.82) is 0 Å². The molecule has 0 radical (unpaired) electrons. The van der Waals surface area contributed by atoms with Crippen LogP contribution in [0, 0.1) is 0 Å². The van der Waals surface area contributed by atoms with E-state index >= 15 is 0 Å². The lowest BCUT2D eigenvalue weighted by atomic mass is 10.0. The number of allylic oxidation sites excluding steroid dienone is 2. The lowest BCUT2D eigenvalue weighted by molar-refractivity contribution is 0.460. The van der Waals surface area contributed by atoms with Crippen LogP contribution >= 0.6 is 0 Å². The second-order valence-corrected chi connectivity index (χ2v) is 7.86. The fourth-order valence-electron chi connectivity index (χ4n) is 1.79. The third kappa shape index (κ3) is 15.7. The van der Waals surface area contributed by atoms with Gasteiger partial charge in [0.1, 0.15) is 0 Å². The molecule has 0 atom stereocenters. The molecule has 0 aliphatic heterocycles. The molecule has 0 aliphatic rings. The summed E-state index contributed by atoms with van der Waals surface area (Å²) in [7, 11) is 0. The molecule has 0 aliphatic carbocycles. The third-order valence-corrected chi connectivity index (χ3v) is 3.35. The van der Waals surface area contributed by atoms with Crippen molar-refractivity contribution < 1.29 is 0 Å². The zero-order valence-electron chi connectivity index (χ0n) is 15.6. The van der Waals surface area contributed by atoms with Crippen LogP contribution in [-0.2, 0) is 0 Å². The maximum absolute atomic E-state index is 5.96. The summed E-state index contributed by atoms with van der Waals surface area (Å²) in [5.41, 5.74) is 14.4. The number of hydrogen-bond donors (Lipinski definition) is 4. The monoisotopic (exact) mass is 310 g/mol. The van der Waals surface area contributed by atoms with Crippen LogP contribution in [0.4, 0.5) is 0 Å². The minimum absolute atomic E-state index is 0.0924. The van der Waals surface area contributed by atoms with Gasteiger partial charge < -0.3 is 22.1 Å². The van der Waals surface area contributed by atoms with Crippen molar-refractivity contribution in [2.45, 2.75) is 65.5 Å². The van der Waals surface area contributed by atoms with Gasteiger partial charge in [-0.2, -0.15) is 0 Å². The van der Waals surface area contributed by atoms with Crippen LogP contribution in [0.25, 0.3) is 0 Å². The van der Waals surface area contributed by atoms with Crippen molar-refractivity contribution in [2.75, 3.05) is 26.2 Å². The molecule has 4 heteroatoms. The molecule has 0 heterocycles. The van der Waals surface area contributed by atoms with Gasteiger partial charge >= 0.3 is 0 Å². The van der Waals surface area contributed by atoms with Gasteiger partial charge in [-0.05, 0) is 67.5 Å². The Kier molecular flexibility index (Phi) is 9.85. The highest BCUT2D eigenvalue weighted by Gasteiger charge is 2.09. The molecular weight excluding hydrogens is 272 g/mol. The van der Waals surface area contributed by atoms with Gasteiger partial charge in [-0.1, -0.05) is 23.3 Å². The van der Waals surface area contributed by atoms with Crippen molar-refractivity contribution in [3.8, 4) is 0 Å². The van der Waals surface area contributed by atoms with Crippen molar-refractivity contribution in [1.82, 2.24) is 10.6 Å². The molecular formula is C18H38N4. The van der Waals surface area contributed by atoms with E-state index in [1.54, 1.807) is 0 Å². The maximum Gasteiger partial charge on any atom is 0.0164 e. The summed E-state index contributed by atoms with van der Waals surface area (Å²) in [6, 6.07) is 0. The molecule has 0 unspecified atom stereocenters. The van der Waals surface area contributed by atoms with Crippen LogP contribution in [0.2, 0.25) is 0 Å². The summed E-state index contributed by atoms with van der Waals surface area (Å²) < 4.78 is 0. The lowest BCUT2D eigenvalue weighted by Gasteiger charge is -2.18. The van der Waals surface area contributed by atoms with E-state index in [0.29, 0.717) is 0 Å². The predicted octanol–water partition coefficient (Wildman–Crippen LogP) is 2.31. The number of hydrogen-bond acceptors (Lipinski definition) is 4. The molecule has 0 spiro atoms. The van der Waals surface area contributed by atoms with E-state index in [9.17, 15) is 0 Å². The molecule has 0 aromatic rings.